The summed E-state index contributed by atoms with van der Waals surface area (Å²) in [5, 5.41) is 13.6. The first-order chi connectivity index (χ1) is 13.5. The summed E-state index contributed by atoms with van der Waals surface area (Å²) in [6.07, 6.45) is 2.65. The smallest absolute Gasteiger partial charge is 0.227 e. The van der Waals surface area contributed by atoms with Crippen molar-refractivity contribution in [3.63, 3.8) is 0 Å². The molecule has 4 rings (SSSR count). The second-order valence-corrected chi connectivity index (χ2v) is 7.19. The molecular weight excluding hydrogens is 383 g/mol. The van der Waals surface area contributed by atoms with Crippen molar-refractivity contribution in [3.05, 3.63) is 46.1 Å². The Morgan fingerprint density at radius 2 is 2.29 bits per heavy atom. The highest BCUT2D eigenvalue weighted by Gasteiger charge is 2.27. The third kappa shape index (κ3) is 4.01. The summed E-state index contributed by atoms with van der Waals surface area (Å²) in [5.41, 5.74) is 1.08. The van der Waals surface area contributed by atoms with E-state index in [0.29, 0.717) is 46.6 Å². The van der Waals surface area contributed by atoms with Gasteiger partial charge in [-0.15, -0.1) is 0 Å². The predicted molar refractivity (Wildman–Crippen MR) is 100 cm³/mol. The SMILES string of the molecule is Cc1ccc(-c2noc(CCC(=O)NCc3n[nH]c(=S)n3C3CC3)n2)cc1F. The van der Waals surface area contributed by atoms with Crippen LogP contribution in [0.4, 0.5) is 4.39 Å². The third-order valence-corrected chi connectivity index (χ3v) is 4.89. The fourth-order valence-electron chi connectivity index (χ4n) is 2.86. The van der Waals surface area contributed by atoms with Crippen LogP contribution in [0.5, 0.6) is 0 Å². The molecule has 0 unspecified atom stereocenters. The molecule has 0 atom stereocenters. The van der Waals surface area contributed by atoms with Gasteiger partial charge >= 0.3 is 0 Å². The molecule has 0 aliphatic heterocycles. The van der Waals surface area contributed by atoms with Gasteiger partial charge in [-0.25, -0.2) is 4.39 Å². The maximum absolute atomic E-state index is 13.7. The molecule has 146 valence electrons. The Labute approximate surface area is 165 Å². The van der Waals surface area contributed by atoms with Crippen molar-refractivity contribution in [3.8, 4) is 11.4 Å². The highest BCUT2D eigenvalue weighted by atomic mass is 32.1. The van der Waals surface area contributed by atoms with Gasteiger partial charge in [-0.2, -0.15) is 10.1 Å². The fourth-order valence-corrected chi connectivity index (χ4v) is 3.16. The molecule has 1 aliphatic carbocycles. The fraction of sp³-hybridized carbons (Fsp3) is 0.389. The van der Waals surface area contributed by atoms with E-state index in [1.54, 1.807) is 19.1 Å². The minimum atomic E-state index is -0.327. The molecule has 8 nitrogen and oxygen atoms in total. The van der Waals surface area contributed by atoms with Gasteiger partial charge in [0.25, 0.3) is 0 Å². The molecule has 2 heterocycles. The van der Waals surface area contributed by atoms with E-state index in [1.165, 1.54) is 6.07 Å². The number of carbonyl (C=O) groups is 1. The highest BCUT2D eigenvalue weighted by Crippen LogP contribution is 2.35. The molecule has 28 heavy (non-hydrogen) atoms. The molecule has 0 spiro atoms. The molecule has 10 heteroatoms. The molecule has 1 aromatic carbocycles. The second kappa shape index (κ2) is 7.63. The Morgan fingerprint density at radius 1 is 1.46 bits per heavy atom. The standard InChI is InChI=1S/C18H19FN6O2S/c1-10-2-3-11(8-13(10)19)17-21-16(27-24-17)7-6-15(26)20-9-14-22-23-18(28)25(14)12-4-5-12/h2-3,8,12H,4-7,9H2,1H3,(H,20,26)(H,23,28). The number of aryl methyl sites for hydroxylation is 2. The van der Waals surface area contributed by atoms with Gasteiger partial charge in [-0.05, 0) is 43.6 Å². The Balaban J connectivity index is 1.31. The Kier molecular flexibility index (Phi) is 5.03. The first kappa shape index (κ1) is 18.5. The lowest BCUT2D eigenvalue weighted by Gasteiger charge is -2.06. The molecule has 1 aliphatic rings. The van der Waals surface area contributed by atoms with Crippen molar-refractivity contribution in [2.75, 3.05) is 0 Å². The lowest BCUT2D eigenvalue weighted by atomic mass is 10.1. The van der Waals surface area contributed by atoms with Gasteiger partial charge < -0.3 is 9.84 Å². The lowest BCUT2D eigenvalue weighted by Crippen LogP contribution is -2.25. The van der Waals surface area contributed by atoms with Crippen LogP contribution in [0, 0.1) is 17.5 Å². The van der Waals surface area contributed by atoms with Crippen LogP contribution < -0.4 is 5.32 Å². The normalized spacial score (nSPS) is 13.6. The minimum Gasteiger partial charge on any atom is -0.349 e. The number of nitrogens with one attached hydrogen (secondary N) is 2. The van der Waals surface area contributed by atoms with Gasteiger partial charge in [0.15, 0.2) is 10.6 Å². The number of aromatic amines is 1. The van der Waals surface area contributed by atoms with Crippen LogP contribution in [-0.4, -0.2) is 30.8 Å². The highest BCUT2D eigenvalue weighted by molar-refractivity contribution is 7.71. The van der Waals surface area contributed by atoms with Gasteiger partial charge in [-0.1, -0.05) is 17.3 Å². The monoisotopic (exact) mass is 402 g/mol. The summed E-state index contributed by atoms with van der Waals surface area (Å²) in [5.74, 6) is 0.869. The maximum Gasteiger partial charge on any atom is 0.227 e. The zero-order chi connectivity index (χ0) is 19.7. The molecule has 0 saturated heterocycles. The van der Waals surface area contributed by atoms with Crippen LogP contribution in [0.1, 0.15) is 42.6 Å². The lowest BCUT2D eigenvalue weighted by molar-refractivity contribution is -0.121. The predicted octanol–water partition coefficient (Wildman–Crippen LogP) is 3.02. The first-order valence-electron chi connectivity index (χ1n) is 9.03. The summed E-state index contributed by atoms with van der Waals surface area (Å²) >= 11 is 5.22. The molecule has 1 saturated carbocycles. The number of benzene rings is 1. The number of rotatable bonds is 7. The largest absolute Gasteiger partial charge is 0.349 e. The number of H-pyrrole nitrogens is 1. The van der Waals surface area contributed by atoms with Crippen LogP contribution in [-0.2, 0) is 17.8 Å². The molecule has 2 N–H and O–H groups in total. The number of hydrogen-bond donors (Lipinski definition) is 2. The van der Waals surface area contributed by atoms with Crippen LogP contribution in [0.25, 0.3) is 11.4 Å². The molecule has 2 aromatic heterocycles. The third-order valence-electron chi connectivity index (χ3n) is 4.60. The Hall–Kier alpha value is -2.88. The van der Waals surface area contributed by atoms with E-state index in [4.69, 9.17) is 16.7 Å². The molecule has 3 aromatic rings. The van der Waals surface area contributed by atoms with Crippen molar-refractivity contribution in [2.45, 2.75) is 45.2 Å². The molecule has 1 fully saturated rings. The van der Waals surface area contributed by atoms with Crippen molar-refractivity contribution in [2.24, 2.45) is 0 Å². The van der Waals surface area contributed by atoms with Crippen LogP contribution >= 0.6 is 12.2 Å². The summed E-state index contributed by atoms with van der Waals surface area (Å²) in [4.78, 5) is 16.4. The molecule has 0 radical (unpaired) electrons. The van der Waals surface area contributed by atoms with E-state index < -0.39 is 0 Å². The molecular formula is C18H19FN6O2S. The van der Waals surface area contributed by atoms with E-state index >= 15 is 0 Å². The molecule has 1 amide bonds. The van der Waals surface area contributed by atoms with Crippen LogP contribution in [0.3, 0.4) is 0 Å². The zero-order valence-electron chi connectivity index (χ0n) is 15.2. The van der Waals surface area contributed by atoms with Crippen LogP contribution in [0.2, 0.25) is 0 Å². The Bertz CT molecular complexity index is 1070. The van der Waals surface area contributed by atoms with E-state index in [2.05, 4.69) is 25.7 Å². The topological polar surface area (TPSA) is 102 Å². The number of aromatic nitrogens is 5. The zero-order valence-corrected chi connectivity index (χ0v) is 16.1. The van der Waals surface area contributed by atoms with Crippen LogP contribution in [0.15, 0.2) is 22.7 Å². The van der Waals surface area contributed by atoms with Crippen molar-refractivity contribution in [1.29, 1.82) is 0 Å². The number of nitrogens with zero attached hydrogens (tertiary/aromatic N) is 4. The van der Waals surface area contributed by atoms with E-state index in [0.717, 1.165) is 18.7 Å². The average Bonchev–Trinajstić information content (AvgIpc) is 3.27. The number of halogens is 1. The number of carbonyl (C=O) groups excluding carboxylic acids is 1. The van der Waals surface area contributed by atoms with E-state index in [1.807, 2.05) is 4.57 Å². The van der Waals surface area contributed by atoms with Gasteiger partial charge in [-0.3, -0.25) is 14.5 Å². The van der Waals surface area contributed by atoms with Gasteiger partial charge in [0.2, 0.25) is 17.6 Å². The number of amides is 1. The average molecular weight is 402 g/mol. The minimum absolute atomic E-state index is 0.155. The molecule has 0 bridgehead atoms. The van der Waals surface area contributed by atoms with E-state index in [-0.39, 0.29) is 18.1 Å². The van der Waals surface area contributed by atoms with E-state index in [9.17, 15) is 9.18 Å². The summed E-state index contributed by atoms with van der Waals surface area (Å²) in [7, 11) is 0. The number of hydrogen-bond acceptors (Lipinski definition) is 6. The Morgan fingerprint density at radius 3 is 3.04 bits per heavy atom. The van der Waals surface area contributed by atoms with Gasteiger partial charge in [0.05, 0.1) is 6.54 Å². The first-order valence-corrected chi connectivity index (χ1v) is 9.43. The maximum atomic E-state index is 13.7. The van der Waals surface area contributed by atoms with Crippen molar-refractivity contribution < 1.29 is 13.7 Å². The van der Waals surface area contributed by atoms with Crippen molar-refractivity contribution >= 4 is 18.1 Å². The van der Waals surface area contributed by atoms with Gasteiger partial charge in [0, 0.05) is 24.4 Å². The quantitative estimate of drug-likeness (QED) is 0.589. The summed E-state index contributed by atoms with van der Waals surface area (Å²) in [6, 6.07) is 5.14. The summed E-state index contributed by atoms with van der Waals surface area (Å²) in [6.45, 7) is 1.99. The van der Waals surface area contributed by atoms with Gasteiger partial charge in [0.1, 0.15) is 5.82 Å². The second-order valence-electron chi connectivity index (χ2n) is 6.80. The summed E-state index contributed by atoms with van der Waals surface area (Å²) < 4.78 is 21.4. The van der Waals surface area contributed by atoms with Crippen molar-refractivity contribution in [1.82, 2.24) is 30.2 Å².